The van der Waals surface area contributed by atoms with Crippen molar-refractivity contribution in [1.82, 2.24) is 4.90 Å². The molecule has 1 aliphatic rings. The van der Waals surface area contributed by atoms with Gasteiger partial charge in [0.15, 0.2) is 0 Å². The van der Waals surface area contributed by atoms with Crippen molar-refractivity contribution in [3.05, 3.63) is 12.2 Å². The van der Waals surface area contributed by atoms with E-state index in [-0.39, 0.29) is 6.09 Å². The van der Waals surface area contributed by atoms with E-state index in [2.05, 4.69) is 12.2 Å². The van der Waals surface area contributed by atoms with Crippen LogP contribution in [0.5, 0.6) is 0 Å². The van der Waals surface area contributed by atoms with Gasteiger partial charge >= 0.3 is 6.09 Å². The van der Waals surface area contributed by atoms with E-state index in [9.17, 15) is 4.79 Å². The van der Waals surface area contributed by atoms with Crippen LogP contribution in [0.1, 0.15) is 52.9 Å². The molecule has 0 spiro atoms. The second kappa shape index (κ2) is 6.67. The number of rotatable bonds is 0. The van der Waals surface area contributed by atoms with Crippen molar-refractivity contribution in [1.29, 1.82) is 0 Å². The van der Waals surface area contributed by atoms with Gasteiger partial charge in [0.05, 0.1) is 0 Å². The van der Waals surface area contributed by atoms with Crippen LogP contribution >= 0.6 is 0 Å². The fourth-order valence-corrected chi connectivity index (χ4v) is 1.82. The smallest absolute Gasteiger partial charge is 0.410 e. The molecular weight excluding hydrogens is 214 g/mol. The minimum atomic E-state index is -0.397. The number of nitrogens with zero attached hydrogens (tertiary/aromatic N) is 1. The third-order valence-electron chi connectivity index (χ3n) is 2.67. The first-order chi connectivity index (χ1) is 7.99. The summed E-state index contributed by atoms with van der Waals surface area (Å²) in [6.07, 6.45) is 9.72. The number of ether oxygens (including phenoxy) is 1. The molecule has 17 heavy (non-hydrogen) atoms. The normalized spacial score (nSPS) is 20.8. The van der Waals surface area contributed by atoms with E-state index in [0.29, 0.717) is 0 Å². The van der Waals surface area contributed by atoms with Crippen molar-refractivity contribution < 1.29 is 9.53 Å². The van der Waals surface area contributed by atoms with Crippen LogP contribution in [0.25, 0.3) is 0 Å². The van der Waals surface area contributed by atoms with Gasteiger partial charge in [-0.3, -0.25) is 0 Å². The Morgan fingerprint density at radius 3 is 2.29 bits per heavy atom. The molecule has 0 unspecified atom stereocenters. The Hall–Kier alpha value is -0.990. The minimum absolute atomic E-state index is 0.165. The fourth-order valence-electron chi connectivity index (χ4n) is 1.82. The highest BCUT2D eigenvalue weighted by molar-refractivity contribution is 5.68. The van der Waals surface area contributed by atoms with Gasteiger partial charge in [-0.25, -0.2) is 4.79 Å². The average molecular weight is 239 g/mol. The molecular formula is C14H25NO2. The third kappa shape index (κ3) is 6.35. The molecule has 1 amide bonds. The number of carbonyl (C=O) groups is 1. The molecule has 1 rings (SSSR count). The van der Waals surface area contributed by atoms with Crippen molar-refractivity contribution >= 4 is 6.09 Å². The van der Waals surface area contributed by atoms with Gasteiger partial charge < -0.3 is 9.64 Å². The highest BCUT2D eigenvalue weighted by Gasteiger charge is 2.21. The zero-order chi connectivity index (χ0) is 12.7. The summed E-state index contributed by atoms with van der Waals surface area (Å²) in [5, 5.41) is 0. The van der Waals surface area contributed by atoms with E-state index >= 15 is 0 Å². The van der Waals surface area contributed by atoms with Crippen molar-refractivity contribution in [3.8, 4) is 0 Å². The SMILES string of the molecule is CC(C)(C)OC(=O)N1CCC/C=C/CCCC1. The van der Waals surface area contributed by atoms with Gasteiger partial charge in [0, 0.05) is 13.1 Å². The maximum absolute atomic E-state index is 12.0. The molecule has 0 saturated heterocycles. The van der Waals surface area contributed by atoms with Crippen LogP contribution in [-0.4, -0.2) is 29.7 Å². The Bertz CT molecular complexity index is 266. The van der Waals surface area contributed by atoms with Gasteiger partial charge in [0.2, 0.25) is 0 Å². The minimum Gasteiger partial charge on any atom is -0.444 e. The average Bonchev–Trinajstić information content (AvgIpc) is 2.23. The molecule has 0 radical (unpaired) electrons. The van der Waals surface area contributed by atoms with E-state index in [1.165, 1.54) is 0 Å². The summed E-state index contributed by atoms with van der Waals surface area (Å²) in [4.78, 5) is 13.8. The first kappa shape index (κ1) is 14.1. The number of allylic oxidation sites excluding steroid dienone is 2. The van der Waals surface area contributed by atoms with Gasteiger partial charge in [-0.2, -0.15) is 0 Å². The highest BCUT2D eigenvalue weighted by Crippen LogP contribution is 2.12. The Morgan fingerprint density at radius 1 is 1.06 bits per heavy atom. The van der Waals surface area contributed by atoms with Crippen LogP contribution in [0.2, 0.25) is 0 Å². The lowest BCUT2D eigenvalue weighted by Gasteiger charge is -2.27. The number of amides is 1. The summed E-state index contributed by atoms with van der Waals surface area (Å²) >= 11 is 0. The molecule has 0 aromatic heterocycles. The van der Waals surface area contributed by atoms with E-state index in [1.54, 1.807) is 0 Å². The molecule has 3 heteroatoms. The third-order valence-corrected chi connectivity index (χ3v) is 2.67. The maximum atomic E-state index is 12.0. The molecule has 3 nitrogen and oxygen atoms in total. The van der Waals surface area contributed by atoms with E-state index in [0.717, 1.165) is 45.2 Å². The van der Waals surface area contributed by atoms with E-state index < -0.39 is 5.60 Å². The van der Waals surface area contributed by atoms with Crippen LogP contribution < -0.4 is 0 Å². The molecule has 0 aromatic rings. The Balaban J connectivity index is 2.48. The number of carbonyl (C=O) groups excluding carboxylic acids is 1. The molecule has 0 saturated carbocycles. The van der Waals surface area contributed by atoms with E-state index in [1.807, 2.05) is 25.7 Å². The summed E-state index contributed by atoms with van der Waals surface area (Å²) < 4.78 is 5.41. The lowest BCUT2D eigenvalue weighted by Crippen LogP contribution is -2.38. The second-order valence-corrected chi connectivity index (χ2v) is 5.58. The van der Waals surface area contributed by atoms with Gasteiger partial charge in [0.25, 0.3) is 0 Å². The monoisotopic (exact) mass is 239 g/mol. The second-order valence-electron chi connectivity index (χ2n) is 5.58. The van der Waals surface area contributed by atoms with Crippen molar-refractivity contribution in [2.45, 2.75) is 58.5 Å². The zero-order valence-electron chi connectivity index (χ0n) is 11.4. The molecule has 1 heterocycles. The number of hydrogen-bond acceptors (Lipinski definition) is 2. The Kier molecular flexibility index (Phi) is 5.52. The van der Waals surface area contributed by atoms with Crippen LogP contribution in [0.3, 0.4) is 0 Å². The molecule has 0 bridgehead atoms. The molecule has 98 valence electrons. The maximum Gasteiger partial charge on any atom is 0.410 e. The van der Waals surface area contributed by atoms with Crippen LogP contribution in [0.4, 0.5) is 4.79 Å². The summed E-state index contributed by atoms with van der Waals surface area (Å²) in [6.45, 7) is 7.36. The summed E-state index contributed by atoms with van der Waals surface area (Å²) in [5.41, 5.74) is -0.397. The van der Waals surface area contributed by atoms with Crippen LogP contribution in [-0.2, 0) is 4.74 Å². The Morgan fingerprint density at radius 2 is 1.65 bits per heavy atom. The Labute approximate surface area is 105 Å². The van der Waals surface area contributed by atoms with Crippen molar-refractivity contribution in [2.24, 2.45) is 0 Å². The molecule has 1 aliphatic heterocycles. The van der Waals surface area contributed by atoms with Gasteiger partial charge in [-0.05, 0) is 52.9 Å². The molecule has 0 aliphatic carbocycles. The standard InChI is InChI=1S/C14H25NO2/c1-14(2,3)17-13(16)15-11-9-7-5-4-6-8-10-12-15/h4-5H,6-12H2,1-3H3/b5-4+. The van der Waals surface area contributed by atoms with Crippen LogP contribution in [0.15, 0.2) is 12.2 Å². The molecule has 0 atom stereocenters. The summed E-state index contributed by atoms with van der Waals surface area (Å²) in [7, 11) is 0. The lowest BCUT2D eigenvalue weighted by molar-refractivity contribution is 0.0245. The topological polar surface area (TPSA) is 29.5 Å². The lowest BCUT2D eigenvalue weighted by atomic mass is 10.1. The quantitative estimate of drug-likeness (QED) is 0.603. The van der Waals surface area contributed by atoms with Crippen molar-refractivity contribution in [2.75, 3.05) is 13.1 Å². The summed E-state index contributed by atoms with van der Waals surface area (Å²) in [6, 6.07) is 0. The molecule has 0 fully saturated rings. The van der Waals surface area contributed by atoms with Gasteiger partial charge in [0.1, 0.15) is 5.60 Å². The predicted molar refractivity (Wildman–Crippen MR) is 70.0 cm³/mol. The van der Waals surface area contributed by atoms with Gasteiger partial charge in [-0.15, -0.1) is 0 Å². The highest BCUT2D eigenvalue weighted by atomic mass is 16.6. The molecule has 0 aromatic carbocycles. The molecule has 0 N–H and O–H groups in total. The first-order valence-corrected chi connectivity index (χ1v) is 6.62. The van der Waals surface area contributed by atoms with Crippen molar-refractivity contribution in [3.63, 3.8) is 0 Å². The number of hydrogen-bond donors (Lipinski definition) is 0. The van der Waals surface area contributed by atoms with Gasteiger partial charge in [-0.1, -0.05) is 12.2 Å². The predicted octanol–water partition coefficient (Wildman–Crippen LogP) is 3.74. The first-order valence-electron chi connectivity index (χ1n) is 6.62. The largest absolute Gasteiger partial charge is 0.444 e. The zero-order valence-corrected chi connectivity index (χ0v) is 11.4. The van der Waals surface area contributed by atoms with Crippen LogP contribution in [0, 0.1) is 0 Å². The van der Waals surface area contributed by atoms with E-state index in [4.69, 9.17) is 4.74 Å². The summed E-state index contributed by atoms with van der Waals surface area (Å²) in [5.74, 6) is 0. The fraction of sp³-hybridized carbons (Fsp3) is 0.786.